The third-order valence-electron chi connectivity index (χ3n) is 4.84. The van der Waals surface area contributed by atoms with Gasteiger partial charge in [0.05, 0.1) is 35.7 Å². The number of ether oxygens (including phenoxy) is 1. The van der Waals surface area contributed by atoms with Gasteiger partial charge in [-0.15, -0.1) is 0 Å². The third-order valence-corrected chi connectivity index (χ3v) is 4.84. The maximum atomic E-state index is 13.4. The summed E-state index contributed by atoms with van der Waals surface area (Å²) in [5.41, 5.74) is 2.74. The lowest BCUT2D eigenvalue weighted by atomic mass is 10.2. The molecular formula is C18H22FN5O. The van der Waals surface area contributed by atoms with Gasteiger partial charge < -0.3 is 14.3 Å². The van der Waals surface area contributed by atoms with E-state index in [0.717, 1.165) is 49.3 Å². The van der Waals surface area contributed by atoms with Gasteiger partial charge in [0.25, 0.3) is 0 Å². The molecule has 1 saturated heterocycles. The van der Waals surface area contributed by atoms with Crippen molar-refractivity contribution in [1.29, 1.82) is 0 Å². The molecule has 2 aromatic heterocycles. The fraction of sp³-hybridized carbons (Fsp3) is 0.444. The number of halogens is 1. The number of hydrogen-bond donors (Lipinski definition) is 1. The molecule has 1 aromatic carbocycles. The molecule has 3 aromatic rings. The lowest BCUT2D eigenvalue weighted by molar-refractivity contribution is 0.183. The van der Waals surface area contributed by atoms with Gasteiger partial charge in [-0.2, -0.15) is 0 Å². The predicted molar refractivity (Wildman–Crippen MR) is 92.5 cm³/mol. The maximum Gasteiger partial charge on any atom is 0.125 e. The number of aromatic amines is 1. The van der Waals surface area contributed by atoms with E-state index in [-0.39, 0.29) is 11.9 Å². The lowest BCUT2D eigenvalue weighted by Crippen LogP contribution is -2.25. The highest BCUT2D eigenvalue weighted by molar-refractivity contribution is 5.75. The van der Waals surface area contributed by atoms with E-state index in [9.17, 15) is 4.39 Å². The molecule has 1 aliphatic heterocycles. The van der Waals surface area contributed by atoms with Crippen molar-refractivity contribution >= 4 is 11.0 Å². The van der Waals surface area contributed by atoms with Crippen LogP contribution < -0.4 is 0 Å². The number of benzene rings is 1. The van der Waals surface area contributed by atoms with E-state index in [2.05, 4.69) is 24.4 Å². The molecule has 1 aliphatic rings. The zero-order chi connectivity index (χ0) is 17.2. The van der Waals surface area contributed by atoms with E-state index in [4.69, 9.17) is 4.74 Å². The zero-order valence-electron chi connectivity index (χ0n) is 14.3. The van der Waals surface area contributed by atoms with Crippen LogP contribution in [0.5, 0.6) is 0 Å². The largest absolute Gasteiger partial charge is 0.383 e. The van der Waals surface area contributed by atoms with Crippen LogP contribution in [0.1, 0.15) is 30.4 Å². The Labute approximate surface area is 145 Å². The SMILES string of the molecule is COCCn1cncc1CN1CCC[C@H]1c1nc2ccc(F)cc2[nH]1. The smallest absolute Gasteiger partial charge is 0.125 e. The van der Waals surface area contributed by atoms with Crippen molar-refractivity contribution in [2.24, 2.45) is 0 Å². The maximum absolute atomic E-state index is 13.4. The van der Waals surface area contributed by atoms with E-state index in [1.807, 2.05) is 12.5 Å². The van der Waals surface area contributed by atoms with E-state index >= 15 is 0 Å². The summed E-state index contributed by atoms with van der Waals surface area (Å²) in [7, 11) is 1.71. The first kappa shape index (κ1) is 16.2. The second-order valence-electron chi connectivity index (χ2n) is 6.48. The molecule has 1 fully saturated rings. The highest BCUT2D eigenvalue weighted by atomic mass is 19.1. The van der Waals surface area contributed by atoms with Gasteiger partial charge in [0.15, 0.2) is 0 Å². The quantitative estimate of drug-likeness (QED) is 0.748. The van der Waals surface area contributed by atoms with Crippen molar-refractivity contribution in [3.05, 3.63) is 48.1 Å². The average Bonchev–Trinajstić information content (AvgIpc) is 3.32. The third kappa shape index (κ3) is 3.29. The topological polar surface area (TPSA) is 59.0 Å². The summed E-state index contributed by atoms with van der Waals surface area (Å²) >= 11 is 0. The standard InChI is InChI=1S/C18H22FN5O/c1-25-8-7-24-12-20-10-14(24)11-23-6-2-3-17(23)18-21-15-5-4-13(19)9-16(15)22-18/h4-5,9-10,12,17H,2-3,6-8,11H2,1H3,(H,21,22)/t17-/m0/s1. The number of imidazole rings is 2. The monoisotopic (exact) mass is 343 g/mol. The van der Waals surface area contributed by atoms with E-state index in [0.29, 0.717) is 6.61 Å². The molecule has 0 saturated carbocycles. The second-order valence-corrected chi connectivity index (χ2v) is 6.48. The van der Waals surface area contributed by atoms with Crippen molar-refractivity contribution in [3.63, 3.8) is 0 Å². The van der Waals surface area contributed by atoms with E-state index in [1.54, 1.807) is 13.2 Å². The summed E-state index contributed by atoms with van der Waals surface area (Å²) in [6, 6.07) is 4.91. The van der Waals surface area contributed by atoms with Gasteiger partial charge >= 0.3 is 0 Å². The Balaban J connectivity index is 1.54. The lowest BCUT2D eigenvalue weighted by Gasteiger charge is -2.23. The normalized spacial score (nSPS) is 18.4. The molecule has 6 nitrogen and oxygen atoms in total. The fourth-order valence-electron chi connectivity index (χ4n) is 3.56. The molecule has 0 bridgehead atoms. The Hall–Kier alpha value is -2.25. The first-order valence-electron chi connectivity index (χ1n) is 8.62. The number of likely N-dealkylation sites (tertiary alicyclic amines) is 1. The van der Waals surface area contributed by atoms with Gasteiger partial charge in [0.1, 0.15) is 11.6 Å². The number of aromatic nitrogens is 4. The number of fused-ring (bicyclic) bond motifs is 1. The van der Waals surface area contributed by atoms with Crippen molar-refractivity contribution < 1.29 is 9.13 Å². The molecule has 132 valence electrons. The Morgan fingerprint density at radius 3 is 3.20 bits per heavy atom. The Kier molecular flexibility index (Phi) is 4.50. The molecule has 4 rings (SSSR count). The van der Waals surface area contributed by atoms with Gasteiger partial charge in [-0.25, -0.2) is 14.4 Å². The van der Waals surface area contributed by atoms with Gasteiger partial charge in [0, 0.05) is 26.4 Å². The van der Waals surface area contributed by atoms with Gasteiger partial charge in [-0.05, 0) is 37.6 Å². The number of nitrogens with zero attached hydrogens (tertiary/aromatic N) is 4. The molecule has 1 N–H and O–H groups in total. The van der Waals surface area contributed by atoms with Crippen molar-refractivity contribution in [3.8, 4) is 0 Å². The Bertz CT molecular complexity index is 858. The van der Waals surface area contributed by atoms with E-state index < -0.39 is 0 Å². The highest BCUT2D eigenvalue weighted by Crippen LogP contribution is 2.32. The minimum atomic E-state index is -0.243. The van der Waals surface area contributed by atoms with Crippen molar-refractivity contribution in [1.82, 2.24) is 24.4 Å². The molecule has 0 spiro atoms. The number of H-pyrrole nitrogens is 1. The summed E-state index contributed by atoms with van der Waals surface area (Å²) in [5, 5.41) is 0. The summed E-state index contributed by atoms with van der Waals surface area (Å²) in [5.74, 6) is 0.675. The minimum absolute atomic E-state index is 0.223. The van der Waals surface area contributed by atoms with Crippen LogP contribution in [0.2, 0.25) is 0 Å². The summed E-state index contributed by atoms with van der Waals surface area (Å²) in [6.45, 7) is 3.31. The summed E-state index contributed by atoms with van der Waals surface area (Å²) < 4.78 is 20.7. The highest BCUT2D eigenvalue weighted by Gasteiger charge is 2.29. The van der Waals surface area contributed by atoms with Crippen LogP contribution >= 0.6 is 0 Å². The van der Waals surface area contributed by atoms with Crippen LogP contribution in [0.3, 0.4) is 0 Å². The van der Waals surface area contributed by atoms with E-state index in [1.165, 1.54) is 17.8 Å². The van der Waals surface area contributed by atoms with Crippen LogP contribution in [0, 0.1) is 5.82 Å². The predicted octanol–water partition coefficient (Wildman–Crippen LogP) is 2.88. The van der Waals surface area contributed by atoms with Crippen LogP contribution in [0.25, 0.3) is 11.0 Å². The van der Waals surface area contributed by atoms with Gasteiger partial charge in [-0.1, -0.05) is 0 Å². The Morgan fingerprint density at radius 2 is 2.32 bits per heavy atom. The first-order chi connectivity index (χ1) is 12.2. The molecule has 0 amide bonds. The summed E-state index contributed by atoms with van der Waals surface area (Å²) in [4.78, 5) is 14.7. The molecule has 3 heterocycles. The second kappa shape index (κ2) is 6.93. The molecule has 0 aliphatic carbocycles. The molecule has 0 unspecified atom stereocenters. The van der Waals surface area contributed by atoms with Crippen LogP contribution in [-0.2, 0) is 17.8 Å². The van der Waals surface area contributed by atoms with Gasteiger partial charge in [-0.3, -0.25) is 4.90 Å². The zero-order valence-corrected chi connectivity index (χ0v) is 14.3. The van der Waals surface area contributed by atoms with Gasteiger partial charge in [0.2, 0.25) is 0 Å². The number of methoxy groups -OCH3 is 1. The first-order valence-corrected chi connectivity index (χ1v) is 8.62. The van der Waals surface area contributed by atoms with Crippen LogP contribution in [0.15, 0.2) is 30.7 Å². The van der Waals surface area contributed by atoms with Crippen LogP contribution in [-0.4, -0.2) is 44.7 Å². The molecule has 7 heteroatoms. The number of rotatable bonds is 6. The fourth-order valence-corrected chi connectivity index (χ4v) is 3.56. The summed E-state index contributed by atoms with van der Waals surface area (Å²) in [6.07, 6.45) is 5.94. The number of nitrogens with one attached hydrogen (secondary N) is 1. The number of hydrogen-bond acceptors (Lipinski definition) is 4. The molecule has 25 heavy (non-hydrogen) atoms. The molecular weight excluding hydrogens is 321 g/mol. The van der Waals surface area contributed by atoms with Crippen molar-refractivity contribution in [2.45, 2.75) is 32.0 Å². The molecule has 0 radical (unpaired) electrons. The molecule has 1 atom stereocenters. The average molecular weight is 343 g/mol. The van der Waals surface area contributed by atoms with Crippen LogP contribution in [0.4, 0.5) is 4.39 Å². The minimum Gasteiger partial charge on any atom is -0.383 e. The van der Waals surface area contributed by atoms with Crippen molar-refractivity contribution in [2.75, 3.05) is 20.3 Å². The Morgan fingerprint density at radius 1 is 1.40 bits per heavy atom.